The molecule has 8 heterocycles. The number of halogens is 3. The molecule has 4 aromatic heterocycles. The van der Waals surface area contributed by atoms with E-state index < -0.39 is 23.5 Å². The van der Waals surface area contributed by atoms with E-state index >= 15 is 0 Å². The number of carbonyl (C=O) groups is 1. The number of thiophene rings is 1. The summed E-state index contributed by atoms with van der Waals surface area (Å²) in [5.41, 5.74) is 4.14. The number of piperazine rings is 1. The Morgan fingerprint density at radius 3 is 2.47 bits per heavy atom. The van der Waals surface area contributed by atoms with E-state index in [0.29, 0.717) is 132 Å². The standard InChI is InChI=1S/C53H50Cl2FN7O9S/c1-29-42-30(2)46(55)47(45(29)54)72-53(22-40(53)63-16-14-62(3)15-17-63)27-70-36-9-10-38(68-24-35-12-13-57-49(61-35)32-6-11-41(58-23-32)69-26-37-25-66-18-19-67-37)33(20-36)21-39(52(64)65)71-50-44-43(42)48(73-51(44)60-28-59-50)31-4-7-34(56)8-5-31/h4-13,20,23,28,37,39-40H,14-19,21-22,24-27H2,1-3H3,(H,64,65)/t37-,39+,40?,53?/m0/s1. The third kappa shape index (κ3) is 10.1. The maximum Gasteiger partial charge on any atom is 0.345 e. The average Bonchev–Trinajstić information content (AvgIpc) is 3.99. The first-order valence-corrected chi connectivity index (χ1v) is 25.5. The molecule has 1 saturated carbocycles. The summed E-state index contributed by atoms with van der Waals surface area (Å²) in [5.74, 6) is 0.408. The Morgan fingerprint density at radius 1 is 0.932 bits per heavy atom. The van der Waals surface area contributed by atoms with Gasteiger partial charge in [0.25, 0.3) is 0 Å². The minimum Gasteiger partial charge on any atom is -0.489 e. The topological polar surface area (TPSA) is 173 Å². The van der Waals surface area contributed by atoms with Crippen molar-refractivity contribution >= 4 is 50.7 Å². The molecule has 378 valence electrons. The van der Waals surface area contributed by atoms with Crippen LogP contribution in [-0.2, 0) is 27.3 Å². The SMILES string of the molecule is Cc1c(Cl)c2c(Cl)c(C)c1-c1c(-c3ccc(F)cc3)sc3ncnc(c13)O[C@@H](C(=O)O)Cc1cc(ccc1OCc1ccnc(-c3ccc(OC[C@@H]4COCCO4)nc3)n1)OCC1(CC1N1CCN(C)CC1)O2. The zero-order valence-electron chi connectivity index (χ0n) is 40.1. The number of fused-ring (bicyclic) bond motifs is 5. The van der Waals surface area contributed by atoms with Gasteiger partial charge >= 0.3 is 5.97 Å². The molecule has 3 fully saturated rings. The van der Waals surface area contributed by atoms with Gasteiger partial charge in [-0.25, -0.2) is 34.1 Å². The van der Waals surface area contributed by atoms with Crippen LogP contribution in [0.4, 0.5) is 4.39 Å². The summed E-state index contributed by atoms with van der Waals surface area (Å²) in [7, 11) is 2.11. The van der Waals surface area contributed by atoms with Crippen LogP contribution in [-0.4, -0.2) is 136 Å². The molecular weight excluding hydrogens is 1000 g/mol. The molecule has 20 heteroatoms. The fourth-order valence-corrected chi connectivity index (χ4v) is 11.3. The summed E-state index contributed by atoms with van der Waals surface area (Å²) < 4.78 is 58.2. The smallest absolute Gasteiger partial charge is 0.345 e. The number of carboxylic acids is 1. The number of aromatic nitrogens is 5. The minimum absolute atomic E-state index is 0.00939. The van der Waals surface area contributed by atoms with E-state index in [1.54, 1.807) is 54.9 Å². The summed E-state index contributed by atoms with van der Waals surface area (Å²) in [6.07, 6.45) is 3.44. The van der Waals surface area contributed by atoms with Crippen molar-refractivity contribution in [1.82, 2.24) is 34.7 Å². The molecule has 0 amide bonds. The molecule has 0 radical (unpaired) electrons. The van der Waals surface area contributed by atoms with Crippen molar-refractivity contribution in [3.63, 3.8) is 0 Å². The fraction of sp³-hybridized carbons (Fsp3) is 0.358. The van der Waals surface area contributed by atoms with Crippen molar-refractivity contribution in [2.24, 2.45) is 0 Å². The maximum atomic E-state index is 14.4. The van der Waals surface area contributed by atoms with Crippen LogP contribution in [0.2, 0.25) is 10.0 Å². The van der Waals surface area contributed by atoms with Gasteiger partial charge in [-0.1, -0.05) is 35.3 Å². The van der Waals surface area contributed by atoms with E-state index in [-0.39, 0.29) is 37.7 Å². The van der Waals surface area contributed by atoms with Gasteiger partial charge in [-0.15, -0.1) is 11.3 Å². The van der Waals surface area contributed by atoms with E-state index in [0.717, 1.165) is 26.2 Å². The Balaban J connectivity index is 0.961. The predicted molar refractivity (Wildman–Crippen MR) is 272 cm³/mol. The number of hydrogen-bond acceptors (Lipinski definition) is 16. The van der Waals surface area contributed by atoms with E-state index in [4.69, 9.17) is 61.3 Å². The first-order valence-electron chi connectivity index (χ1n) is 23.9. The fourth-order valence-electron chi connectivity index (χ4n) is 9.64. The van der Waals surface area contributed by atoms with Gasteiger partial charge in [0.15, 0.2) is 17.2 Å². The van der Waals surface area contributed by atoms with Crippen molar-refractivity contribution in [2.45, 2.75) is 57.1 Å². The highest BCUT2D eigenvalue weighted by Crippen LogP contribution is 2.55. The third-order valence-electron chi connectivity index (χ3n) is 13.7. The van der Waals surface area contributed by atoms with Gasteiger partial charge in [-0.05, 0) is 85.6 Å². The monoisotopic (exact) mass is 1050 g/mol. The highest BCUT2D eigenvalue weighted by atomic mass is 35.5. The van der Waals surface area contributed by atoms with E-state index in [1.165, 1.54) is 29.8 Å². The summed E-state index contributed by atoms with van der Waals surface area (Å²) in [6, 6.07) is 16.7. The second kappa shape index (κ2) is 20.6. The van der Waals surface area contributed by atoms with Crippen LogP contribution in [0.1, 0.15) is 28.8 Å². The van der Waals surface area contributed by atoms with E-state index in [2.05, 4.69) is 36.8 Å². The van der Waals surface area contributed by atoms with Crippen LogP contribution in [0, 0.1) is 19.7 Å². The number of aliphatic carboxylic acids is 1. The Morgan fingerprint density at radius 2 is 1.73 bits per heavy atom. The number of nitrogens with zero attached hydrogens (tertiary/aromatic N) is 7. The van der Waals surface area contributed by atoms with Gasteiger partial charge < -0.3 is 43.2 Å². The van der Waals surface area contributed by atoms with Crippen LogP contribution >= 0.6 is 34.5 Å². The maximum absolute atomic E-state index is 14.4. The zero-order chi connectivity index (χ0) is 50.4. The quantitative estimate of drug-likeness (QED) is 0.137. The summed E-state index contributed by atoms with van der Waals surface area (Å²) in [4.78, 5) is 42.3. The number of pyridine rings is 1. The number of hydrogen-bond donors (Lipinski definition) is 1. The van der Waals surface area contributed by atoms with Crippen LogP contribution < -0.4 is 23.7 Å². The number of likely N-dealkylation sites (N-methyl/N-ethyl adjacent to an activating group) is 1. The highest BCUT2D eigenvalue weighted by molar-refractivity contribution is 7.22. The molecular formula is C53H50Cl2FN7O9S. The molecule has 4 bridgehead atoms. The van der Waals surface area contributed by atoms with Crippen molar-refractivity contribution < 1.29 is 47.4 Å². The van der Waals surface area contributed by atoms with Crippen LogP contribution in [0.25, 0.3) is 43.2 Å². The number of rotatable bonds is 10. The van der Waals surface area contributed by atoms with Gasteiger partial charge in [0.05, 0.1) is 47.0 Å². The van der Waals surface area contributed by atoms with Gasteiger partial charge in [-0.3, -0.25) is 4.90 Å². The molecule has 7 aromatic rings. The van der Waals surface area contributed by atoms with Crippen molar-refractivity contribution in [3.8, 4) is 62.0 Å². The van der Waals surface area contributed by atoms with Crippen molar-refractivity contribution in [1.29, 1.82) is 0 Å². The first-order chi connectivity index (χ1) is 35.4. The molecule has 1 spiro atoms. The largest absolute Gasteiger partial charge is 0.489 e. The third-order valence-corrected chi connectivity index (χ3v) is 15.8. The molecule has 1 N–H and O–H groups in total. The zero-order valence-corrected chi connectivity index (χ0v) is 42.4. The van der Waals surface area contributed by atoms with Gasteiger partial charge in [0, 0.05) is 79.0 Å². The van der Waals surface area contributed by atoms with Crippen LogP contribution in [0.5, 0.6) is 29.0 Å². The number of ether oxygens (including phenoxy) is 7. The summed E-state index contributed by atoms with van der Waals surface area (Å²) in [5, 5.41) is 12.0. The molecule has 2 saturated heterocycles. The number of benzene rings is 3. The molecule has 2 unspecified atom stereocenters. The lowest BCUT2D eigenvalue weighted by Crippen LogP contribution is -2.49. The van der Waals surface area contributed by atoms with Crippen molar-refractivity contribution in [2.75, 3.05) is 66.3 Å². The summed E-state index contributed by atoms with van der Waals surface area (Å²) >= 11 is 16.2. The molecule has 1 aliphatic carbocycles. The molecule has 4 aliphatic heterocycles. The Hall–Kier alpha value is -6.25. The summed E-state index contributed by atoms with van der Waals surface area (Å²) in [6.45, 7) is 9.30. The van der Waals surface area contributed by atoms with E-state index in [1.807, 2.05) is 19.9 Å². The van der Waals surface area contributed by atoms with Gasteiger partial charge in [0.1, 0.15) is 54.4 Å². The minimum atomic E-state index is -1.49. The van der Waals surface area contributed by atoms with Crippen molar-refractivity contribution in [3.05, 3.63) is 118 Å². The lowest BCUT2D eigenvalue weighted by atomic mass is 9.92. The van der Waals surface area contributed by atoms with Gasteiger partial charge in [0.2, 0.25) is 17.9 Å². The Bertz CT molecular complexity index is 3160. The molecule has 5 aliphatic rings. The molecule has 16 nitrogen and oxygen atoms in total. The predicted octanol–water partition coefficient (Wildman–Crippen LogP) is 8.92. The number of carboxylic acid groups (broad SMARTS) is 1. The second-order valence-corrected chi connectivity index (χ2v) is 20.4. The lowest BCUT2D eigenvalue weighted by Gasteiger charge is -2.34. The van der Waals surface area contributed by atoms with Crippen LogP contribution in [0.3, 0.4) is 0 Å². The second-order valence-electron chi connectivity index (χ2n) is 18.6. The molecule has 3 aromatic carbocycles. The van der Waals surface area contributed by atoms with E-state index in [9.17, 15) is 14.3 Å². The highest BCUT2D eigenvalue weighted by Gasteiger charge is 2.61. The average molecular weight is 1050 g/mol. The molecule has 4 atom stereocenters. The normalized spacial score (nSPS) is 21.3. The Kier molecular flexibility index (Phi) is 13.8. The van der Waals surface area contributed by atoms with Gasteiger partial charge in [-0.2, -0.15) is 0 Å². The molecule has 12 rings (SSSR count). The van der Waals surface area contributed by atoms with Crippen LogP contribution in [0.15, 0.2) is 79.4 Å². The first kappa shape index (κ1) is 49.0. The molecule has 73 heavy (non-hydrogen) atoms. The lowest BCUT2D eigenvalue weighted by molar-refractivity contribution is -0.145. The Labute approximate surface area is 433 Å².